The summed E-state index contributed by atoms with van der Waals surface area (Å²) < 4.78 is 5.24. The molecule has 1 unspecified atom stereocenters. The first-order chi connectivity index (χ1) is 7.71. The SMILES string of the molecule is C=CC(=O)OC(CC)c1ccc(SC)cc1. The van der Waals surface area contributed by atoms with E-state index in [0.29, 0.717) is 0 Å². The van der Waals surface area contributed by atoms with Crippen LogP contribution < -0.4 is 0 Å². The third-order valence-electron chi connectivity index (χ3n) is 2.28. The summed E-state index contributed by atoms with van der Waals surface area (Å²) in [6.45, 7) is 5.38. The van der Waals surface area contributed by atoms with E-state index in [1.54, 1.807) is 11.8 Å². The van der Waals surface area contributed by atoms with Crippen molar-refractivity contribution in [2.45, 2.75) is 24.3 Å². The van der Waals surface area contributed by atoms with Crippen molar-refractivity contribution in [1.82, 2.24) is 0 Å². The molecule has 0 radical (unpaired) electrons. The van der Waals surface area contributed by atoms with Gasteiger partial charge in [0, 0.05) is 11.0 Å². The van der Waals surface area contributed by atoms with Crippen molar-refractivity contribution in [3.8, 4) is 0 Å². The van der Waals surface area contributed by atoms with Crippen molar-refractivity contribution in [2.75, 3.05) is 6.26 Å². The number of ether oxygens (including phenoxy) is 1. The van der Waals surface area contributed by atoms with Crippen molar-refractivity contribution in [3.05, 3.63) is 42.5 Å². The molecule has 0 heterocycles. The number of hydrogen-bond acceptors (Lipinski definition) is 3. The maximum atomic E-state index is 11.1. The largest absolute Gasteiger partial charge is 0.454 e. The molecule has 1 rings (SSSR count). The normalized spacial score (nSPS) is 11.9. The molecule has 0 spiro atoms. The summed E-state index contributed by atoms with van der Waals surface area (Å²) in [5.41, 5.74) is 1.02. The maximum Gasteiger partial charge on any atom is 0.330 e. The van der Waals surface area contributed by atoms with Crippen LogP contribution >= 0.6 is 11.8 Å². The van der Waals surface area contributed by atoms with Gasteiger partial charge in [0.2, 0.25) is 0 Å². The fraction of sp³-hybridized carbons (Fsp3) is 0.308. The number of rotatable bonds is 5. The lowest BCUT2D eigenvalue weighted by molar-refractivity contribution is -0.143. The van der Waals surface area contributed by atoms with Crippen LogP contribution in [-0.2, 0) is 9.53 Å². The first-order valence-electron chi connectivity index (χ1n) is 5.18. The zero-order chi connectivity index (χ0) is 12.0. The molecule has 0 aliphatic carbocycles. The molecule has 1 aromatic rings. The first-order valence-corrected chi connectivity index (χ1v) is 6.40. The van der Waals surface area contributed by atoms with Gasteiger partial charge in [0.25, 0.3) is 0 Å². The van der Waals surface area contributed by atoms with Crippen molar-refractivity contribution < 1.29 is 9.53 Å². The highest BCUT2D eigenvalue weighted by Gasteiger charge is 2.12. The minimum Gasteiger partial charge on any atom is -0.454 e. The first kappa shape index (κ1) is 12.8. The number of carbonyl (C=O) groups is 1. The molecule has 0 saturated carbocycles. The zero-order valence-electron chi connectivity index (χ0n) is 9.60. The van der Waals surface area contributed by atoms with Crippen LogP contribution in [0.15, 0.2) is 41.8 Å². The van der Waals surface area contributed by atoms with E-state index in [4.69, 9.17) is 4.74 Å². The summed E-state index contributed by atoms with van der Waals surface area (Å²) in [6.07, 6.45) is 3.81. The molecule has 3 heteroatoms. The Labute approximate surface area is 101 Å². The molecule has 1 atom stereocenters. The molecule has 1 aromatic carbocycles. The van der Waals surface area contributed by atoms with Crippen LogP contribution in [-0.4, -0.2) is 12.2 Å². The monoisotopic (exact) mass is 236 g/mol. The Morgan fingerprint density at radius 3 is 2.56 bits per heavy atom. The van der Waals surface area contributed by atoms with Crippen LogP contribution in [0.5, 0.6) is 0 Å². The van der Waals surface area contributed by atoms with Gasteiger partial charge >= 0.3 is 5.97 Å². The summed E-state index contributed by atoms with van der Waals surface area (Å²) in [5, 5.41) is 0. The van der Waals surface area contributed by atoms with E-state index in [-0.39, 0.29) is 12.1 Å². The highest BCUT2D eigenvalue weighted by molar-refractivity contribution is 7.98. The van der Waals surface area contributed by atoms with Crippen LogP contribution in [0.3, 0.4) is 0 Å². The van der Waals surface area contributed by atoms with Crippen molar-refractivity contribution in [1.29, 1.82) is 0 Å². The maximum absolute atomic E-state index is 11.1. The van der Waals surface area contributed by atoms with Gasteiger partial charge < -0.3 is 4.74 Å². The number of carbonyl (C=O) groups excluding carboxylic acids is 1. The minimum absolute atomic E-state index is 0.179. The summed E-state index contributed by atoms with van der Waals surface area (Å²) in [6, 6.07) is 8.06. The number of hydrogen-bond donors (Lipinski definition) is 0. The van der Waals surface area contributed by atoms with Gasteiger partial charge in [-0.2, -0.15) is 0 Å². The molecule has 0 aromatic heterocycles. The van der Waals surface area contributed by atoms with Crippen molar-refractivity contribution in [2.24, 2.45) is 0 Å². The summed E-state index contributed by atoms with van der Waals surface area (Å²) in [4.78, 5) is 12.3. The molecule has 0 N–H and O–H groups in total. The van der Waals surface area contributed by atoms with Gasteiger partial charge in [-0.25, -0.2) is 4.79 Å². The van der Waals surface area contributed by atoms with Gasteiger partial charge in [-0.05, 0) is 30.4 Å². The molecule has 2 nitrogen and oxygen atoms in total. The van der Waals surface area contributed by atoms with Crippen LogP contribution in [0, 0.1) is 0 Å². The number of thioether (sulfide) groups is 1. The molecule has 0 aliphatic heterocycles. The molecule has 0 bridgehead atoms. The summed E-state index contributed by atoms with van der Waals surface area (Å²) >= 11 is 1.69. The smallest absolute Gasteiger partial charge is 0.330 e. The standard InChI is InChI=1S/C13H16O2S/c1-4-12(15-13(14)5-2)10-6-8-11(16-3)9-7-10/h5-9,12H,2,4H2,1,3H3. The molecular weight excluding hydrogens is 220 g/mol. The Kier molecular flexibility index (Phi) is 5.12. The second-order valence-electron chi connectivity index (χ2n) is 3.31. The lowest BCUT2D eigenvalue weighted by atomic mass is 10.1. The van der Waals surface area contributed by atoms with E-state index < -0.39 is 0 Å². The van der Waals surface area contributed by atoms with Gasteiger partial charge in [-0.15, -0.1) is 11.8 Å². The summed E-state index contributed by atoms with van der Waals surface area (Å²) in [7, 11) is 0. The lowest BCUT2D eigenvalue weighted by Gasteiger charge is -2.15. The third kappa shape index (κ3) is 3.42. The molecule has 86 valence electrons. The van der Waals surface area contributed by atoms with Crippen LogP contribution in [0.2, 0.25) is 0 Å². The van der Waals surface area contributed by atoms with Gasteiger partial charge in [0.1, 0.15) is 6.10 Å². The van der Waals surface area contributed by atoms with E-state index in [2.05, 4.69) is 6.58 Å². The molecule has 0 aliphatic rings. The minimum atomic E-state index is -0.374. The van der Waals surface area contributed by atoms with E-state index >= 15 is 0 Å². The highest BCUT2D eigenvalue weighted by Crippen LogP contribution is 2.24. The van der Waals surface area contributed by atoms with Crippen LogP contribution in [0.1, 0.15) is 25.0 Å². The Bertz CT molecular complexity index is 357. The lowest BCUT2D eigenvalue weighted by Crippen LogP contribution is -2.08. The zero-order valence-corrected chi connectivity index (χ0v) is 10.4. The second kappa shape index (κ2) is 6.38. The quantitative estimate of drug-likeness (QED) is 0.444. The topological polar surface area (TPSA) is 26.3 Å². The Morgan fingerprint density at radius 1 is 1.50 bits per heavy atom. The molecule has 0 fully saturated rings. The predicted molar refractivity (Wildman–Crippen MR) is 67.5 cm³/mol. The molecule has 0 amide bonds. The Hall–Kier alpha value is -1.22. The average molecular weight is 236 g/mol. The fourth-order valence-corrected chi connectivity index (χ4v) is 1.80. The number of benzene rings is 1. The molecular formula is C13H16O2S. The van der Waals surface area contributed by atoms with Crippen molar-refractivity contribution in [3.63, 3.8) is 0 Å². The molecule has 0 saturated heterocycles. The van der Waals surface area contributed by atoms with E-state index in [9.17, 15) is 4.79 Å². The Morgan fingerprint density at radius 2 is 2.12 bits per heavy atom. The van der Waals surface area contributed by atoms with Crippen LogP contribution in [0.4, 0.5) is 0 Å². The van der Waals surface area contributed by atoms with Gasteiger partial charge in [-0.1, -0.05) is 25.6 Å². The average Bonchev–Trinajstić information content (AvgIpc) is 2.35. The van der Waals surface area contributed by atoms with E-state index in [1.165, 1.54) is 11.0 Å². The van der Waals surface area contributed by atoms with Gasteiger partial charge in [0.05, 0.1) is 0 Å². The van der Waals surface area contributed by atoms with Crippen LogP contribution in [0.25, 0.3) is 0 Å². The molecule has 16 heavy (non-hydrogen) atoms. The second-order valence-corrected chi connectivity index (χ2v) is 4.19. The van der Waals surface area contributed by atoms with Gasteiger partial charge in [-0.3, -0.25) is 0 Å². The number of esters is 1. The van der Waals surface area contributed by atoms with E-state index in [0.717, 1.165) is 12.0 Å². The van der Waals surface area contributed by atoms with Gasteiger partial charge in [0.15, 0.2) is 0 Å². The predicted octanol–water partition coefficient (Wildman–Crippen LogP) is 3.59. The van der Waals surface area contributed by atoms with Crippen molar-refractivity contribution >= 4 is 17.7 Å². The van der Waals surface area contributed by atoms with E-state index in [1.807, 2.05) is 37.4 Å². The fourth-order valence-electron chi connectivity index (χ4n) is 1.39. The summed E-state index contributed by atoms with van der Waals surface area (Å²) in [5.74, 6) is -0.374. The highest BCUT2D eigenvalue weighted by atomic mass is 32.2. The Balaban J connectivity index is 2.78. The third-order valence-corrected chi connectivity index (χ3v) is 3.03.